The standard InChI is InChI=1S/C12H9BrN2O2S/c1-7(16)8-2-3-10(9(13)6-8)18-12-14-5-4-11(17)15-12/h2-6H,1H3,(H,14,15,17). The molecule has 4 nitrogen and oxygen atoms in total. The fourth-order valence-corrected chi connectivity index (χ4v) is 2.70. The maximum absolute atomic E-state index is 11.2. The molecule has 2 rings (SSSR count). The largest absolute Gasteiger partial charge is 0.301 e. The van der Waals surface area contributed by atoms with E-state index < -0.39 is 0 Å². The fraction of sp³-hybridized carbons (Fsp3) is 0.0833. The number of ketones is 1. The van der Waals surface area contributed by atoms with Crippen molar-refractivity contribution < 1.29 is 4.79 Å². The summed E-state index contributed by atoms with van der Waals surface area (Å²) in [5.41, 5.74) is 0.449. The highest BCUT2D eigenvalue weighted by Crippen LogP contribution is 2.31. The number of aromatic nitrogens is 2. The molecule has 1 aromatic carbocycles. The molecule has 2 aromatic rings. The van der Waals surface area contributed by atoms with E-state index in [4.69, 9.17) is 0 Å². The van der Waals surface area contributed by atoms with Gasteiger partial charge in [-0.1, -0.05) is 17.8 Å². The lowest BCUT2D eigenvalue weighted by atomic mass is 10.2. The summed E-state index contributed by atoms with van der Waals surface area (Å²) >= 11 is 4.72. The molecule has 1 heterocycles. The minimum Gasteiger partial charge on any atom is -0.301 e. The summed E-state index contributed by atoms with van der Waals surface area (Å²) in [6, 6.07) is 6.68. The van der Waals surface area contributed by atoms with Crippen molar-refractivity contribution in [1.29, 1.82) is 0 Å². The van der Waals surface area contributed by atoms with Crippen LogP contribution >= 0.6 is 27.7 Å². The lowest BCUT2D eigenvalue weighted by molar-refractivity contribution is 0.101. The molecule has 0 saturated carbocycles. The Labute approximate surface area is 116 Å². The van der Waals surface area contributed by atoms with Gasteiger partial charge >= 0.3 is 0 Å². The lowest BCUT2D eigenvalue weighted by Crippen LogP contribution is -2.05. The Balaban J connectivity index is 2.30. The second-order valence-corrected chi connectivity index (χ2v) is 5.43. The van der Waals surface area contributed by atoms with Crippen LogP contribution in [0.15, 0.2) is 49.8 Å². The van der Waals surface area contributed by atoms with Crippen molar-refractivity contribution >= 4 is 33.5 Å². The summed E-state index contributed by atoms with van der Waals surface area (Å²) in [6.07, 6.45) is 1.46. The third-order valence-electron chi connectivity index (χ3n) is 2.19. The highest BCUT2D eigenvalue weighted by Gasteiger charge is 2.07. The number of nitrogens with zero attached hydrogens (tertiary/aromatic N) is 1. The average molecular weight is 325 g/mol. The van der Waals surface area contributed by atoms with Gasteiger partial charge in [0.25, 0.3) is 5.56 Å². The number of carbonyl (C=O) groups is 1. The van der Waals surface area contributed by atoms with Crippen LogP contribution in [0.3, 0.4) is 0 Å². The van der Waals surface area contributed by atoms with Gasteiger partial charge in [-0.25, -0.2) is 4.98 Å². The number of aromatic amines is 1. The van der Waals surface area contributed by atoms with Gasteiger partial charge < -0.3 is 4.98 Å². The lowest BCUT2D eigenvalue weighted by Gasteiger charge is -2.04. The number of benzene rings is 1. The number of Topliss-reactive ketones (excluding diaryl/α,β-unsaturated/α-hetero) is 1. The summed E-state index contributed by atoms with van der Waals surface area (Å²) in [7, 11) is 0. The zero-order valence-corrected chi connectivity index (χ0v) is 11.8. The molecule has 0 aliphatic carbocycles. The molecular formula is C12H9BrN2O2S. The maximum atomic E-state index is 11.2. The van der Waals surface area contributed by atoms with Gasteiger partial charge in [0.2, 0.25) is 0 Å². The number of hydrogen-bond donors (Lipinski definition) is 1. The summed E-state index contributed by atoms with van der Waals surface area (Å²) in [6.45, 7) is 1.52. The van der Waals surface area contributed by atoms with E-state index >= 15 is 0 Å². The summed E-state index contributed by atoms with van der Waals surface area (Å²) < 4.78 is 0.798. The number of halogens is 1. The number of H-pyrrole nitrogens is 1. The SMILES string of the molecule is CC(=O)c1ccc(Sc2nccc(=O)[nH]2)c(Br)c1. The molecule has 0 aliphatic rings. The van der Waals surface area contributed by atoms with Crippen LogP contribution < -0.4 is 5.56 Å². The van der Waals surface area contributed by atoms with E-state index in [2.05, 4.69) is 25.9 Å². The zero-order chi connectivity index (χ0) is 13.1. The maximum Gasteiger partial charge on any atom is 0.251 e. The first kappa shape index (κ1) is 13.0. The molecular weight excluding hydrogens is 316 g/mol. The van der Waals surface area contributed by atoms with Crippen LogP contribution in [0, 0.1) is 0 Å². The second-order valence-electron chi connectivity index (χ2n) is 3.54. The van der Waals surface area contributed by atoms with E-state index in [1.165, 1.54) is 30.9 Å². The minimum atomic E-state index is -0.191. The molecule has 0 radical (unpaired) electrons. The molecule has 0 atom stereocenters. The molecule has 0 unspecified atom stereocenters. The van der Waals surface area contributed by atoms with Crippen molar-refractivity contribution in [1.82, 2.24) is 9.97 Å². The van der Waals surface area contributed by atoms with Crippen LogP contribution in [0.4, 0.5) is 0 Å². The summed E-state index contributed by atoms with van der Waals surface area (Å²) in [5.74, 6) is 0.0125. The van der Waals surface area contributed by atoms with Crippen molar-refractivity contribution in [3.8, 4) is 0 Å². The van der Waals surface area contributed by atoms with Crippen LogP contribution in [-0.4, -0.2) is 15.8 Å². The smallest absolute Gasteiger partial charge is 0.251 e. The predicted molar refractivity (Wildman–Crippen MR) is 73.1 cm³/mol. The molecule has 1 aromatic heterocycles. The second kappa shape index (κ2) is 5.49. The van der Waals surface area contributed by atoms with Gasteiger partial charge in [0.05, 0.1) is 0 Å². The van der Waals surface area contributed by atoms with Crippen LogP contribution in [0.25, 0.3) is 0 Å². The monoisotopic (exact) mass is 324 g/mol. The van der Waals surface area contributed by atoms with Gasteiger partial charge in [0.15, 0.2) is 10.9 Å². The van der Waals surface area contributed by atoms with E-state index in [9.17, 15) is 9.59 Å². The van der Waals surface area contributed by atoms with Gasteiger partial charge in [-0.05, 0) is 35.0 Å². The van der Waals surface area contributed by atoms with Gasteiger partial charge in [-0.3, -0.25) is 9.59 Å². The first-order chi connectivity index (χ1) is 8.56. The molecule has 0 bridgehead atoms. The van der Waals surface area contributed by atoms with Crippen LogP contribution in [0.2, 0.25) is 0 Å². The van der Waals surface area contributed by atoms with E-state index in [1.54, 1.807) is 12.1 Å². The predicted octanol–water partition coefficient (Wildman–Crippen LogP) is 2.89. The third kappa shape index (κ3) is 3.08. The summed E-state index contributed by atoms with van der Waals surface area (Å²) in [5, 5.41) is 0.513. The molecule has 0 spiro atoms. The number of carbonyl (C=O) groups excluding carboxylic acids is 1. The Hall–Kier alpha value is -1.40. The first-order valence-corrected chi connectivity index (χ1v) is 6.71. The van der Waals surface area contributed by atoms with Crippen molar-refractivity contribution in [2.75, 3.05) is 0 Å². The Bertz CT molecular complexity index is 655. The van der Waals surface area contributed by atoms with E-state index in [0.717, 1.165) is 9.37 Å². The average Bonchev–Trinajstić information content (AvgIpc) is 2.31. The Kier molecular flexibility index (Phi) is 3.98. The number of nitrogens with one attached hydrogen (secondary N) is 1. The van der Waals surface area contributed by atoms with E-state index in [1.807, 2.05) is 6.07 Å². The van der Waals surface area contributed by atoms with Gasteiger partial charge in [0.1, 0.15) is 0 Å². The Morgan fingerprint density at radius 2 is 2.17 bits per heavy atom. The van der Waals surface area contributed by atoms with Gasteiger partial charge in [0, 0.05) is 27.2 Å². The zero-order valence-electron chi connectivity index (χ0n) is 9.44. The first-order valence-electron chi connectivity index (χ1n) is 5.10. The fourth-order valence-electron chi connectivity index (χ4n) is 1.31. The topological polar surface area (TPSA) is 62.8 Å². The third-order valence-corrected chi connectivity index (χ3v) is 4.09. The Morgan fingerprint density at radius 1 is 1.39 bits per heavy atom. The van der Waals surface area contributed by atoms with Gasteiger partial charge in [-0.15, -0.1) is 0 Å². The molecule has 1 N–H and O–H groups in total. The molecule has 6 heteroatoms. The van der Waals surface area contributed by atoms with E-state index in [-0.39, 0.29) is 11.3 Å². The minimum absolute atomic E-state index is 0.0125. The van der Waals surface area contributed by atoms with Crippen molar-refractivity contribution in [3.63, 3.8) is 0 Å². The van der Waals surface area contributed by atoms with Gasteiger partial charge in [-0.2, -0.15) is 0 Å². The van der Waals surface area contributed by atoms with E-state index in [0.29, 0.717) is 10.7 Å². The van der Waals surface area contributed by atoms with Crippen molar-refractivity contribution in [2.45, 2.75) is 17.0 Å². The molecule has 0 saturated heterocycles. The highest BCUT2D eigenvalue weighted by molar-refractivity contribution is 9.10. The normalized spacial score (nSPS) is 10.3. The van der Waals surface area contributed by atoms with Crippen LogP contribution in [0.5, 0.6) is 0 Å². The quantitative estimate of drug-likeness (QED) is 0.696. The molecule has 0 aliphatic heterocycles. The Morgan fingerprint density at radius 3 is 2.78 bits per heavy atom. The number of hydrogen-bond acceptors (Lipinski definition) is 4. The number of rotatable bonds is 3. The summed E-state index contributed by atoms with van der Waals surface area (Å²) in [4.78, 5) is 29.9. The van der Waals surface area contributed by atoms with Crippen molar-refractivity contribution in [3.05, 3.63) is 50.9 Å². The molecule has 0 fully saturated rings. The molecule has 0 amide bonds. The van der Waals surface area contributed by atoms with Crippen LogP contribution in [-0.2, 0) is 0 Å². The van der Waals surface area contributed by atoms with Crippen LogP contribution in [0.1, 0.15) is 17.3 Å². The molecule has 92 valence electrons. The molecule has 18 heavy (non-hydrogen) atoms. The highest BCUT2D eigenvalue weighted by atomic mass is 79.9. The van der Waals surface area contributed by atoms with Crippen molar-refractivity contribution in [2.24, 2.45) is 0 Å².